The number of ether oxygens (including phenoxy) is 2. The first-order valence-electron chi connectivity index (χ1n) is 6.52. The SMILES string of the molecule is CC(CCO)NCc1ccc2c(c1)OCCCO2. The van der Waals surface area contributed by atoms with Crippen LogP contribution in [-0.2, 0) is 6.54 Å². The van der Waals surface area contributed by atoms with Gasteiger partial charge >= 0.3 is 0 Å². The van der Waals surface area contributed by atoms with E-state index >= 15 is 0 Å². The molecule has 1 aliphatic rings. The standard InChI is InChI=1S/C14H21NO3/c1-11(5-6-16)15-10-12-3-4-13-14(9-12)18-8-2-7-17-13/h3-4,9,11,15-16H,2,5-8,10H2,1H3. The van der Waals surface area contributed by atoms with Crippen LogP contribution in [0.2, 0.25) is 0 Å². The summed E-state index contributed by atoms with van der Waals surface area (Å²) in [6.07, 6.45) is 1.69. The molecule has 0 aliphatic carbocycles. The van der Waals surface area contributed by atoms with E-state index in [0.29, 0.717) is 12.6 Å². The lowest BCUT2D eigenvalue weighted by atomic mass is 10.1. The Bertz CT molecular complexity index is 381. The molecule has 18 heavy (non-hydrogen) atoms. The van der Waals surface area contributed by atoms with E-state index in [2.05, 4.69) is 12.2 Å². The Kier molecular flexibility index (Phi) is 4.84. The van der Waals surface area contributed by atoms with Gasteiger partial charge < -0.3 is 19.9 Å². The fourth-order valence-electron chi connectivity index (χ4n) is 1.91. The second-order valence-corrected chi connectivity index (χ2v) is 4.63. The average molecular weight is 251 g/mol. The molecule has 0 radical (unpaired) electrons. The van der Waals surface area contributed by atoms with Crippen LogP contribution in [0.15, 0.2) is 18.2 Å². The molecule has 2 N–H and O–H groups in total. The lowest BCUT2D eigenvalue weighted by Gasteiger charge is -2.13. The highest BCUT2D eigenvalue weighted by Gasteiger charge is 2.10. The Morgan fingerprint density at radius 2 is 2.06 bits per heavy atom. The van der Waals surface area contributed by atoms with Crippen molar-refractivity contribution < 1.29 is 14.6 Å². The topological polar surface area (TPSA) is 50.7 Å². The maximum absolute atomic E-state index is 8.85. The average Bonchev–Trinajstić information content (AvgIpc) is 2.61. The highest BCUT2D eigenvalue weighted by molar-refractivity contribution is 5.43. The minimum absolute atomic E-state index is 0.218. The van der Waals surface area contributed by atoms with Gasteiger partial charge in [0, 0.05) is 25.6 Å². The first-order valence-corrected chi connectivity index (χ1v) is 6.52. The number of hydrogen-bond acceptors (Lipinski definition) is 4. The second kappa shape index (κ2) is 6.61. The largest absolute Gasteiger partial charge is 0.490 e. The summed E-state index contributed by atoms with van der Waals surface area (Å²) in [5.74, 6) is 1.67. The van der Waals surface area contributed by atoms with Crippen LogP contribution < -0.4 is 14.8 Å². The fourth-order valence-corrected chi connectivity index (χ4v) is 1.91. The third-order valence-corrected chi connectivity index (χ3v) is 3.03. The zero-order valence-electron chi connectivity index (χ0n) is 10.8. The van der Waals surface area contributed by atoms with Gasteiger partial charge in [0.05, 0.1) is 13.2 Å². The number of rotatable bonds is 5. The van der Waals surface area contributed by atoms with Gasteiger partial charge in [-0.05, 0) is 31.0 Å². The van der Waals surface area contributed by atoms with Crippen molar-refractivity contribution in [2.24, 2.45) is 0 Å². The van der Waals surface area contributed by atoms with Gasteiger partial charge in [0.15, 0.2) is 11.5 Å². The van der Waals surface area contributed by atoms with Gasteiger partial charge in [-0.25, -0.2) is 0 Å². The zero-order chi connectivity index (χ0) is 12.8. The van der Waals surface area contributed by atoms with Crippen LogP contribution in [0.3, 0.4) is 0 Å². The number of fused-ring (bicyclic) bond motifs is 1. The van der Waals surface area contributed by atoms with Gasteiger partial charge in [-0.15, -0.1) is 0 Å². The molecule has 100 valence electrons. The lowest BCUT2D eigenvalue weighted by Crippen LogP contribution is -2.26. The second-order valence-electron chi connectivity index (χ2n) is 4.63. The highest BCUT2D eigenvalue weighted by atomic mass is 16.5. The Morgan fingerprint density at radius 1 is 1.28 bits per heavy atom. The Hall–Kier alpha value is -1.26. The molecule has 4 nitrogen and oxygen atoms in total. The van der Waals surface area contributed by atoms with Crippen molar-refractivity contribution in [2.45, 2.75) is 32.4 Å². The van der Waals surface area contributed by atoms with Crippen molar-refractivity contribution in [1.82, 2.24) is 5.32 Å². The van der Waals surface area contributed by atoms with Crippen LogP contribution in [0, 0.1) is 0 Å². The van der Waals surface area contributed by atoms with E-state index in [4.69, 9.17) is 14.6 Å². The van der Waals surface area contributed by atoms with Crippen molar-refractivity contribution in [1.29, 1.82) is 0 Å². The third-order valence-electron chi connectivity index (χ3n) is 3.03. The summed E-state index contributed by atoms with van der Waals surface area (Å²) in [4.78, 5) is 0. The van der Waals surface area contributed by atoms with Crippen LogP contribution >= 0.6 is 0 Å². The van der Waals surface area contributed by atoms with E-state index in [9.17, 15) is 0 Å². The smallest absolute Gasteiger partial charge is 0.161 e. The minimum atomic E-state index is 0.218. The molecule has 0 spiro atoms. The Labute approximate surface area is 108 Å². The molecular formula is C14H21NO3. The predicted molar refractivity (Wildman–Crippen MR) is 70.1 cm³/mol. The monoisotopic (exact) mass is 251 g/mol. The summed E-state index contributed by atoms with van der Waals surface area (Å²) in [5, 5.41) is 12.2. The molecule has 2 rings (SSSR count). The summed E-state index contributed by atoms with van der Waals surface area (Å²) in [7, 11) is 0. The Balaban J connectivity index is 1.95. The minimum Gasteiger partial charge on any atom is -0.490 e. The highest BCUT2D eigenvalue weighted by Crippen LogP contribution is 2.30. The van der Waals surface area contributed by atoms with Crippen LogP contribution in [0.4, 0.5) is 0 Å². The van der Waals surface area contributed by atoms with E-state index < -0.39 is 0 Å². The van der Waals surface area contributed by atoms with E-state index in [1.807, 2.05) is 18.2 Å². The molecule has 0 saturated heterocycles. The first-order chi connectivity index (χ1) is 8.79. The number of nitrogens with one attached hydrogen (secondary N) is 1. The van der Waals surface area contributed by atoms with Crippen molar-refractivity contribution in [3.63, 3.8) is 0 Å². The molecule has 0 amide bonds. The summed E-state index contributed by atoms with van der Waals surface area (Å²) < 4.78 is 11.2. The molecule has 0 aromatic heterocycles. The van der Waals surface area contributed by atoms with Gasteiger partial charge in [0.2, 0.25) is 0 Å². The molecule has 1 aromatic rings. The number of aliphatic hydroxyl groups is 1. The van der Waals surface area contributed by atoms with Crippen molar-refractivity contribution >= 4 is 0 Å². The third kappa shape index (κ3) is 3.62. The van der Waals surface area contributed by atoms with E-state index in [1.165, 1.54) is 5.56 Å². The first kappa shape index (κ1) is 13.2. The van der Waals surface area contributed by atoms with Gasteiger partial charge in [0.1, 0.15) is 0 Å². The summed E-state index contributed by atoms with van der Waals surface area (Å²) in [6, 6.07) is 6.35. The molecule has 1 aliphatic heterocycles. The molecule has 1 unspecified atom stereocenters. The van der Waals surface area contributed by atoms with E-state index in [1.54, 1.807) is 0 Å². The molecule has 1 aromatic carbocycles. The molecule has 0 fully saturated rings. The predicted octanol–water partition coefficient (Wildman–Crippen LogP) is 1.71. The van der Waals surface area contributed by atoms with Crippen molar-refractivity contribution in [3.8, 4) is 11.5 Å². The zero-order valence-corrected chi connectivity index (χ0v) is 10.8. The molecule has 1 atom stereocenters. The van der Waals surface area contributed by atoms with Crippen LogP contribution in [0.1, 0.15) is 25.3 Å². The van der Waals surface area contributed by atoms with Gasteiger partial charge in [0.25, 0.3) is 0 Å². The summed E-state index contributed by atoms with van der Waals surface area (Å²) in [6.45, 7) is 4.50. The quantitative estimate of drug-likeness (QED) is 0.836. The summed E-state index contributed by atoms with van der Waals surface area (Å²) >= 11 is 0. The molecule has 0 bridgehead atoms. The molecule has 0 saturated carbocycles. The van der Waals surface area contributed by atoms with Crippen LogP contribution in [-0.4, -0.2) is 31.0 Å². The number of benzene rings is 1. The van der Waals surface area contributed by atoms with Crippen LogP contribution in [0.25, 0.3) is 0 Å². The number of hydrogen-bond donors (Lipinski definition) is 2. The molecule has 4 heteroatoms. The van der Waals surface area contributed by atoms with Gasteiger partial charge in [-0.3, -0.25) is 0 Å². The van der Waals surface area contributed by atoms with E-state index in [-0.39, 0.29) is 6.61 Å². The van der Waals surface area contributed by atoms with Crippen LogP contribution in [0.5, 0.6) is 11.5 Å². The van der Waals surface area contributed by atoms with Crippen molar-refractivity contribution in [3.05, 3.63) is 23.8 Å². The molecular weight excluding hydrogens is 230 g/mol. The number of aliphatic hydroxyl groups excluding tert-OH is 1. The maximum Gasteiger partial charge on any atom is 0.161 e. The van der Waals surface area contributed by atoms with Gasteiger partial charge in [-0.1, -0.05) is 6.07 Å². The Morgan fingerprint density at radius 3 is 2.83 bits per heavy atom. The fraction of sp³-hybridized carbons (Fsp3) is 0.571. The van der Waals surface area contributed by atoms with Gasteiger partial charge in [-0.2, -0.15) is 0 Å². The normalized spacial score (nSPS) is 16.1. The van der Waals surface area contributed by atoms with Crippen molar-refractivity contribution in [2.75, 3.05) is 19.8 Å². The maximum atomic E-state index is 8.85. The molecule has 1 heterocycles. The summed E-state index contributed by atoms with van der Waals surface area (Å²) in [5.41, 5.74) is 1.17. The van der Waals surface area contributed by atoms with E-state index in [0.717, 1.165) is 37.5 Å². The lowest BCUT2D eigenvalue weighted by molar-refractivity contribution is 0.268.